The molecule has 4 aromatic rings. The summed E-state index contributed by atoms with van der Waals surface area (Å²) in [4.78, 5) is 29.6. The van der Waals surface area contributed by atoms with E-state index in [-0.39, 0.29) is 18.1 Å². The van der Waals surface area contributed by atoms with Crippen LogP contribution in [-0.4, -0.2) is 20.5 Å². The molecule has 1 N–H and O–H groups in total. The first kappa shape index (κ1) is 20.7. The van der Waals surface area contributed by atoms with Crippen molar-refractivity contribution in [2.45, 2.75) is 26.4 Å². The highest BCUT2D eigenvalue weighted by Gasteiger charge is 2.10. The van der Waals surface area contributed by atoms with Gasteiger partial charge in [-0.2, -0.15) is 9.61 Å². The van der Waals surface area contributed by atoms with Crippen molar-refractivity contribution in [3.63, 3.8) is 0 Å². The van der Waals surface area contributed by atoms with Crippen molar-refractivity contribution >= 4 is 27.9 Å². The summed E-state index contributed by atoms with van der Waals surface area (Å²) in [6.07, 6.45) is 1.74. The second-order valence-corrected chi connectivity index (χ2v) is 7.84. The van der Waals surface area contributed by atoms with E-state index >= 15 is 0 Å². The molecule has 0 radical (unpaired) electrons. The number of carbonyl (C=O) groups is 1. The number of rotatable bonds is 7. The third-order valence-corrected chi connectivity index (χ3v) is 5.36. The number of aromatic nitrogens is 3. The molecule has 1 amide bonds. The third-order valence-electron chi connectivity index (χ3n) is 4.39. The quantitative estimate of drug-likeness (QED) is 0.470. The lowest BCUT2D eigenvalue weighted by molar-refractivity contribution is 0.102. The Labute approximate surface area is 181 Å². The van der Waals surface area contributed by atoms with E-state index in [1.807, 2.05) is 0 Å². The number of aryl methyl sites for hydroxylation is 1. The number of anilines is 1. The van der Waals surface area contributed by atoms with Gasteiger partial charge in [0, 0.05) is 29.8 Å². The van der Waals surface area contributed by atoms with Gasteiger partial charge < -0.3 is 10.1 Å². The molecule has 2 heterocycles. The standard InChI is InChI=1S/C22H19FN4O3S/c1-2-4-19-26-27-20(28)12-17(25-22(27)31-19)13-30-18-6-3-5-16(11-18)24-21(29)14-7-9-15(23)10-8-14/h3,5-12H,2,4,13H2,1H3,(H,24,29). The monoisotopic (exact) mass is 438 g/mol. The van der Waals surface area contributed by atoms with Gasteiger partial charge in [0.05, 0.1) is 5.69 Å². The first-order valence-corrected chi connectivity index (χ1v) is 10.5. The van der Waals surface area contributed by atoms with E-state index in [1.54, 1.807) is 24.3 Å². The van der Waals surface area contributed by atoms with Crippen molar-refractivity contribution < 1.29 is 13.9 Å². The highest BCUT2D eigenvalue weighted by Crippen LogP contribution is 2.20. The van der Waals surface area contributed by atoms with Crippen LogP contribution >= 0.6 is 11.3 Å². The Hall–Kier alpha value is -3.59. The summed E-state index contributed by atoms with van der Waals surface area (Å²) in [5, 5.41) is 7.91. The summed E-state index contributed by atoms with van der Waals surface area (Å²) >= 11 is 1.39. The zero-order chi connectivity index (χ0) is 21.8. The number of hydrogen-bond donors (Lipinski definition) is 1. The van der Waals surface area contributed by atoms with Gasteiger partial charge in [-0.05, 0) is 42.8 Å². The summed E-state index contributed by atoms with van der Waals surface area (Å²) < 4.78 is 20.1. The normalized spacial score (nSPS) is 10.9. The largest absolute Gasteiger partial charge is 0.487 e. The smallest absolute Gasteiger partial charge is 0.275 e. The van der Waals surface area contributed by atoms with Crippen LogP contribution in [0, 0.1) is 5.82 Å². The van der Waals surface area contributed by atoms with E-state index in [9.17, 15) is 14.0 Å². The van der Waals surface area contributed by atoms with Gasteiger partial charge in [0.2, 0.25) is 4.96 Å². The van der Waals surface area contributed by atoms with E-state index in [2.05, 4.69) is 22.3 Å². The molecule has 2 aromatic heterocycles. The maximum Gasteiger partial charge on any atom is 0.275 e. The topological polar surface area (TPSA) is 85.6 Å². The van der Waals surface area contributed by atoms with Crippen LogP contribution < -0.4 is 15.6 Å². The van der Waals surface area contributed by atoms with Crippen LogP contribution in [0.15, 0.2) is 59.4 Å². The lowest BCUT2D eigenvalue weighted by Crippen LogP contribution is -2.16. The Bertz CT molecular complexity index is 1280. The number of ether oxygens (including phenoxy) is 1. The molecule has 0 atom stereocenters. The molecule has 7 nitrogen and oxygen atoms in total. The lowest BCUT2D eigenvalue weighted by atomic mass is 10.2. The minimum Gasteiger partial charge on any atom is -0.487 e. The molecule has 158 valence electrons. The third kappa shape index (κ3) is 4.95. The van der Waals surface area contributed by atoms with Crippen LogP contribution in [0.2, 0.25) is 0 Å². The van der Waals surface area contributed by atoms with Gasteiger partial charge in [0.1, 0.15) is 23.2 Å². The summed E-state index contributed by atoms with van der Waals surface area (Å²) in [6, 6.07) is 13.6. The van der Waals surface area contributed by atoms with Crippen molar-refractivity contribution in [3.05, 3.63) is 87.0 Å². The molecule has 0 aliphatic carbocycles. The van der Waals surface area contributed by atoms with Crippen LogP contribution in [0.5, 0.6) is 5.75 Å². The van der Waals surface area contributed by atoms with Crippen molar-refractivity contribution in [2.24, 2.45) is 0 Å². The van der Waals surface area contributed by atoms with Gasteiger partial charge >= 0.3 is 0 Å². The van der Waals surface area contributed by atoms with E-state index in [0.29, 0.717) is 27.7 Å². The second-order valence-electron chi connectivity index (χ2n) is 6.80. The summed E-state index contributed by atoms with van der Waals surface area (Å²) in [5.74, 6) is -0.251. The van der Waals surface area contributed by atoms with Crippen molar-refractivity contribution in [1.29, 1.82) is 0 Å². The number of benzene rings is 2. The Morgan fingerprint density at radius 3 is 2.77 bits per heavy atom. The number of fused-ring (bicyclic) bond motifs is 1. The molecule has 0 aliphatic rings. The molecule has 0 saturated heterocycles. The van der Waals surface area contributed by atoms with Crippen LogP contribution in [0.25, 0.3) is 4.96 Å². The minimum atomic E-state index is -0.404. The molecule has 2 aromatic carbocycles. The molecule has 9 heteroatoms. The molecule has 0 saturated carbocycles. The van der Waals surface area contributed by atoms with Gasteiger partial charge in [-0.15, -0.1) is 0 Å². The predicted molar refractivity (Wildman–Crippen MR) is 116 cm³/mol. The Kier molecular flexibility index (Phi) is 6.03. The van der Waals surface area contributed by atoms with E-state index in [1.165, 1.54) is 46.2 Å². The molecular formula is C22H19FN4O3S. The summed E-state index contributed by atoms with van der Waals surface area (Å²) in [7, 11) is 0. The number of hydrogen-bond acceptors (Lipinski definition) is 6. The zero-order valence-electron chi connectivity index (χ0n) is 16.7. The Morgan fingerprint density at radius 2 is 2.00 bits per heavy atom. The van der Waals surface area contributed by atoms with Gasteiger partial charge in [-0.25, -0.2) is 9.37 Å². The van der Waals surface area contributed by atoms with Crippen molar-refractivity contribution in [1.82, 2.24) is 14.6 Å². The highest BCUT2D eigenvalue weighted by molar-refractivity contribution is 7.16. The van der Waals surface area contributed by atoms with Crippen LogP contribution in [-0.2, 0) is 13.0 Å². The van der Waals surface area contributed by atoms with Crippen molar-refractivity contribution in [2.75, 3.05) is 5.32 Å². The average Bonchev–Trinajstić information content (AvgIpc) is 3.16. The summed E-state index contributed by atoms with van der Waals surface area (Å²) in [5.41, 5.74) is 1.12. The summed E-state index contributed by atoms with van der Waals surface area (Å²) in [6.45, 7) is 2.15. The average molecular weight is 438 g/mol. The van der Waals surface area contributed by atoms with Gasteiger partial charge in [-0.1, -0.05) is 24.3 Å². The Morgan fingerprint density at radius 1 is 1.19 bits per heavy atom. The van der Waals surface area contributed by atoms with Crippen LogP contribution in [0.3, 0.4) is 0 Å². The fourth-order valence-electron chi connectivity index (χ4n) is 2.91. The SMILES string of the molecule is CCCc1nn2c(=O)cc(COc3cccc(NC(=O)c4ccc(F)cc4)c3)nc2s1. The van der Waals surface area contributed by atoms with E-state index in [0.717, 1.165) is 17.8 Å². The Balaban J connectivity index is 1.45. The molecule has 0 unspecified atom stereocenters. The number of nitrogens with zero attached hydrogens (tertiary/aromatic N) is 3. The van der Waals surface area contributed by atoms with Gasteiger partial charge in [-0.3, -0.25) is 9.59 Å². The number of halogens is 1. The molecule has 31 heavy (non-hydrogen) atoms. The minimum absolute atomic E-state index is 0.0993. The fourth-order valence-corrected chi connectivity index (χ4v) is 3.93. The number of carbonyl (C=O) groups excluding carboxylic acids is 1. The predicted octanol–water partition coefficient (Wildman–Crippen LogP) is 4.07. The highest BCUT2D eigenvalue weighted by atomic mass is 32.1. The first-order valence-electron chi connectivity index (χ1n) is 9.70. The first-order chi connectivity index (χ1) is 15.0. The number of amides is 1. The zero-order valence-corrected chi connectivity index (χ0v) is 17.5. The fraction of sp³-hybridized carbons (Fsp3) is 0.182. The van der Waals surface area contributed by atoms with Gasteiger partial charge in [0.15, 0.2) is 0 Å². The molecule has 0 aliphatic heterocycles. The molecule has 4 rings (SSSR count). The van der Waals surface area contributed by atoms with Gasteiger partial charge in [0.25, 0.3) is 11.5 Å². The van der Waals surface area contributed by atoms with Crippen LogP contribution in [0.4, 0.5) is 10.1 Å². The maximum atomic E-state index is 13.0. The second kappa shape index (κ2) is 9.05. The van der Waals surface area contributed by atoms with E-state index in [4.69, 9.17) is 4.74 Å². The maximum absolute atomic E-state index is 13.0. The molecular weight excluding hydrogens is 419 g/mol. The molecule has 0 fully saturated rings. The lowest BCUT2D eigenvalue weighted by Gasteiger charge is -2.09. The van der Waals surface area contributed by atoms with Crippen molar-refractivity contribution in [3.8, 4) is 5.75 Å². The van der Waals surface area contributed by atoms with E-state index < -0.39 is 5.82 Å². The molecule has 0 bridgehead atoms. The van der Waals surface area contributed by atoms with Crippen LogP contribution in [0.1, 0.15) is 34.4 Å². The number of nitrogens with one attached hydrogen (secondary N) is 1. The molecule has 0 spiro atoms.